The van der Waals surface area contributed by atoms with Gasteiger partial charge in [0.25, 0.3) is 0 Å². The summed E-state index contributed by atoms with van der Waals surface area (Å²) in [6.07, 6.45) is 0. The summed E-state index contributed by atoms with van der Waals surface area (Å²) in [4.78, 5) is 0. The van der Waals surface area contributed by atoms with Crippen LogP contribution in [0.3, 0.4) is 0 Å². The van der Waals surface area contributed by atoms with Crippen LogP contribution in [0.4, 0.5) is 0 Å². The number of thioether (sulfide) groups is 1. The molecule has 0 atom stereocenters. The van der Waals surface area contributed by atoms with Gasteiger partial charge in [0, 0.05) is 32.1 Å². The molecule has 4 aromatic rings. The van der Waals surface area contributed by atoms with Crippen LogP contribution < -0.4 is 0 Å². The van der Waals surface area contributed by atoms with E-state index in [0.29, 0.717) is 20.8 Å². The van der Waals surface area contributed by atoms with Gasteiger partial charge in [0.2, 0.25) is 0 Å². The molecule has 7 heteroatoms. The molecule has 29 heavy (non-hydrogen) atoms. The molecule has 0 spiro atoms. The maximum Gasteiger partial charge on any atom is 0.196 e. The van der Waals surface area contributed by atoms with E-state index in [9.17, 15) is 0 Å². The van der Waals surface area contributed by atoms with Crippen LogP contribution in [-0.4, -0.2) is 14.8 Å². The van der Waals surface area contributed by atoms with E-state index in [4.69, 9.17) is 34.8 Å². The van der Waals surface area contributed by atoms with Crippen molar-refractivity contribution in [3.8, 4) is 17.1 Å². The minimum absolute atomic E-state index is 0.622. The van der Waals surface area contributed by atoms with E-state index >= 15 is 0 Å². The lowest BCUT2D eigenvalue weighted by Crippen LogP contribution is -2.00. The number of rotatable bonds is 5. The van der Waals surface area contributed by atoms with Crippen molar-refractivity contribution in [2.45, 2.75) is 17.8 Å². The fourth-order valence-electron chi connectivity index (χ4n) is 2.86. The normalized spacial score (nSPS) is 11.0. The van der Waals surface area contributed by atoms with E-state index in [1.165, 1.54) is 5.56 Å². The van der Waals surface area contributed by atoms with Crippen LogP contribution >= 0.6 is 46.6 Å². The smallest absolute Gasteiger partial charge is 0.196 e. The number of aryl methyl sites for hydroxylation is 1. The lowest BCUT2D eigenvalue weighted by molar-refractivity contribution is 0.885. The zero-order valence-electron chi connectivity index (χ0n) is 15.4. The number of nitrogens with zero attached hydrogens (tertiary/aromatic N) is 3. The molecule has 0 amide bonds. The number of benzene rings is 3. The fraction of sp³-hybridized carbons (Fsp3) is 0.0909. The van der Waals surface area contributed by atoms with E-state index < -0.39 is 0 Å². The largest absolute Gasteiger partial charge is 0.270 e. The van der Waals surface area contributed by atoms with Crippen molar-refractivity contribution < 1.29 is 0 Å². The van der Waals surface area contributed by atoms with Gasteiger partial charge in [-0.2, -0.15) is 0 Å². The summed E-state index contributed by atoms with van der Waals surface area (Å²) in [5.74, 6) is 1.41. The predicted molar refractivity (Wildman–Crippen MR) is 123 cm³/mol. The Labute approximate surface area is 188 Å². The van der Waals surface area contributed by atoms with E-state index in [1.54, 1.807) is 17.8 Å². The Morgan fingerprint density at radius 2 is 1.52 bits per heavy atom. The van der Waals surface area contributed by atoms with Gasteiger partial charge in [-0.05, 0) is 61.0 Å². The van der Waals surface area contributed by atoms with Crippen molar-refractivity contribution in [2.24, 2.45) is 0 Å². The van der Waals surface area contributed by atoms with Gasteiger partial charge in [-0.25, -0.2) is 0 Å². The molecule has 0 aliphatic rings. The van der Waals surface area contributed by atoms with Gasteiger partial charge in [0.15, 0.2) is 11.0 Å². The summed E-state index contributed by atoms with van der Waals surface area (Å²) < 4.78 is 2.05. The van der Waals surface area contributed by atoms with Crippen LogP contribution in [0, 0.1) is 6.92 Å². The molecule has 146 valence electrons. The Morgan fingerprint density at radius 3 is 2.21 bits per heavy atom. The van der Waals surface area contributed by atoms with Gasteiger partial charge in [0.1, 0.15) is 0 Å². The molecule has 0 aliphatic heterocycles. The molecule has 3 aromatic carbocycles. The summed E-state index contributed by atoms with van der Waals surface area (Å²) in [7, 11) is 0. The van der Waals surface area contributed by atoms with Crippen molar-refractivity contribution in [3.05, 3.63) is 92.9 Å². The molecule has 1 heterocycles. The zero-order chi connectivity index (χ0) is 20.4. The third-order valence-electron chi connectivity index (χ3n) is 4.40. The second kappa shape index (κ2) is 8.80. The first kappa shape index (κ1) is 20.3. The third kappa shape index (κ3) is 4.62. The minimum atomic E-state index is 0.622. The maximum atomic E-state index is 6.33. The first-order valence-corrected chi connectivity index (χ1v) is 11.0. The van der Waals surface area contributed by atoms with Crippen molar-refractivity contribution in [1.82, 2.24) is 14.8 Å². The monoisotopic (exact) mass is 459 g/mol. The van der Waals surface area contributed by atoms with Gasteiger partial charge in [-0.1, -0.05) is 70.3 Å². The standard InChI is InChI=1S/C22H16Cl3N3S/c1-14-2-10-19(11-3-14)28-21(15-4-7-17(23)8-5-15)26-27-22(28)29-13-16-6-9-18(24)12-20(16)25/h2-12H,13H2,1H3. The Hall–Kier alpha value is -1.98. The van der Waals surface area contributed by atoms with E-state index in [0.717, 1.165) is 27.8 Å². The quantitative estimate of drug-likeness (QED) is 0.289. The minimum Gasteiger partial charge on any atom is -0.270 e. The molecule has 0 radical (unpaired) electrons. The van der Waals surface area contributed by atoms with Gasteiger partial charge < -0.3 is 0 Å². The molecule has 1 aromatic heterocycles. The molecule has 3 nitrogen and oxygen atoms in total. The lowest BCUT2D eigenvalue weighted by atomic mass is 10.2. The van der Waals surface area contributed by atoms with E-state index in [2.05, 4.69) is 46.0 Å². The third-order valence-corrected chi connectivity index (χ3v) is 6.22. The van der Waals surface area contributed by atoms with Crippen molar-refractivity contribution in [2.75, 3.05) is 0 Å². The zero-order valence-corrected chi connectivity index (χ0v) is 18.5. The van der Waals surface area contributed by atoms with E-state index in [-0.39, 0.29) is 0 Å². The highest BCUT2D eigenvalue weighted by atomic mass is 35.5. The molecule has 0 fully saturated rings. The second-order valence-electron chi connectivity index (χ2n) is 6.51. The van der Waals surface area contributed by atoms with Crippen LogP contribution in [-0.2, 0) is 5.75 Å². The molecule has 0 saturated heterocycles. The van der Waals surface area contributed by atoms with Gasteiger partial charge in [-0.3, -0.25) is 4.57 Å². The van der Waals surface area contributed by atoms with Gasteiger partial charge in [-0.15, -0.1) is 10.2 Å². The van der Waals surface area contributed by atoms with Crippen LogP contribution in [0.15, 0.2) is 71.9 Å². The average Bonchev–Trinajstić information content (AvgIpc) is 3.12. The summed E-state index contributed by atoms with van der Waals surface area (Å²) in [6, 6.07) is 21.4. The fourth-order valence-corrected chi connectivity index (χ4v) is 4.49. The van der Waals surface area contributed by atoms with Crippen molar-refractivity contribution >= 4 is 46.6 Å². The Bertz CT molecular complexity index is 1140. The lowest BCUT2D eigenvalue weighted by Gasteiger charge is -2.11. The number of aromatic nitrogens is 3. The molecule has 0 unspecified atom stereocenters. The Kier molecular flexibility index (Phi) is 6.16. The topological polar surface area (TPSA) is 30.7 Å². The molecule has 0 bridgehead atoms. The van der Waals surface area contributed by atoms with E-state index in [1.807, 2.05) is 36.4 Å². The van der Waals surface area contributed by atoms with Crippen molar-refractivity contribution in [1.29, 1.82) is 0 Å². The summed E-state index contributed by atoms with van der Waals surface area (Å²) in [5.41, 5.74) is 4.12. The van der Waals surface area contributed by atoms with Crippen LogP contribution in [0.1, 0.15) is 11.1 Å². The highest BCUT2D eigenvalue weighted by molar-refractivity contribution is 7.98. The number of hydrogen-bond donors (Lipinski definition) is 0. The molecule has 0 N–H and O–H groups in total. The molecule has 4 rings (SSSR count). The highest BCUT2D eigenvalue weighted by Gasteiger charge is 2.17. The second-order valence-corrected chi connectivity index (χ2v) is 8.73. The Balaban J connectivity index is 1.73. The Morgan fingerprint density at radius 1 is 0.828 bits per heavy atom. The van der Waals surface area contributed by atoms with Crippen LogP contribution in [0.25, 0.3) is 17.1 Å². The summed E-state index contributed by atoms with van der Waals surface area (Å²) >= 11 is 20.0. The number of halogens is 3. The number of hydrogen-bond acceptors (Lipinski definition) is 3. The first-order valence-electron chi connectivity index (χ1n) is 8.86. The SMILES string of the molecule is Cc1ccc(-n2c(SCc3ccc(Cl)cc3Cl)nnc2-c2ccc(Cl)cc2)cc1. The molecular formula is C22H16Cl3N3S. The van der Waals surface area contributed by atoms with Crippen molar-refractivity contribution in [3.63, 3.8) is 0 Å². The maximum absolute atomic E-state index is 6.33. The summed E-state index contributed by atoms with van der Waals surface area (Å²) in [5, 5.41) is 11.6. The predicted octanol–water partition coefficient (Wildman–Crippen LogP) is 7.50. The van der Waals surface area contributed by atoms with Crippen LogP contribution in [0.2, 0.25) is 15.1 Å². The molecular weight excluding hydrogens is 445 g/mol. The van der Waals surface area contributed by atoms with Crippen LogP contribution in [0.5, 0.6) is 0 Å². The molecule has 0 aliphatic carbocycles. The molecule has 0 saturated carbocycles. The first-order chi connectivity index (χ1) is 14.0. The summed E-state index contributed by atoms with van der Waals surface area (Å²) in [6.45, 7) is 2.06. The average molecular weight is 461 g/mol. The highest BCUT2D eigenvalue weighted by Crippen LogP contribution is 2.32. The van der Waals surface area contributed by atoms with Gasteiger partial charge in [0.05, 0.1) is 0 Å². The van der Waals surface area contributed by atoms with Gasteiger partial charge >= 0.3 is 0 Å².